The summed E-state index contributed by atoms with van der Waals surface area (Å²) in [6, 6.07) is -0.744. The van der Waals surface area contributed by atoms with Crippen molar-refractivity contribution in [2.75, 3.05) is 41.0 Å². The molecule has 2 atom stereocenters. The van der Waals surface area contributed by atoms with Gasteiger partial charge in [0.25, 0.3) is 0 Å². The molecule has 0 aliphatic heterocycles. The second-order valence-electron chi connectivity index (χ2n) is 14.5. The summed E-state index contributed by atoms with van der Waals surface area (Å²) in [4.78, 5) is 36.7. The highest BCUT2D eigenvalue weighted by molar-refractivity contribution is 5.70. The molecule has 0 spiro atoms. The Labute approximate surface area is 335 Å². The second-order valence-corrected chi connectivity index (χ2v) is 14.5. The van der Waals surface area contributed by atoms with Crippen molar-refractivity contribution in [1.29, 1.82) is 0 Å². The van der Waals surface area contributed by atoms with E-state index in [0.29, 0.717) is 6.42 Å². The van der Waals surface area contributed by atoms with E-state index in [0.717, 1.165) is 89.9 Å². The molecular weight excluding hydrogens is 691 g/mol. The molecule has 0 bridgehead atoms. The van der Waals surface area contributed by atoms with Gasteiger partial charge in [-0.15, -0.1) is 0 Å². The molecule has 0 heterocycles. The van der Waals surface area contributed by atoms with E-state index in [1.807, 2.05) is 12.2 Å². The van der Waals surface area contributed by atoms with Crippen LogP contribution in [0.25, 0.3) is 0 Å². The SMILES string of the molecule is CC/C=C/C/C=C/C/C=C/C/C=C/C/C=C/C/C=C/CCC(=O)OCC(COCCC(C(=O)[O-])[N+](C)(C)C)OC(=O)CCCCCCC/C=C/C/C=C/CC. The molecule has 8 heteroatoms. The van der Waals surface area contributed by atoms with Crippen molar-refractivity contribution in [3.8, 4) is 0 Å². The highest BCUT2D eigenvalue weighted by Gasteiger charge is 2.25. The maximum absolute atomic E-state index is 12.7. The fourth-order valence-electron chi connectivity index (χ4n) is 5.31. The third kappa shape index (κ3) is 35.7. The molecule has 0 aromatic heterocycles. The van der Waals surface area contributed by atoms with E-state index in [2.05, 4.69) is 98.9 Å². The number of unbranched alkanes of at least 4 members (excludes halogenated alkanes) is 5. The van der Waals surface area contributed by atoms with E-state index in [4.69, 9.17) is 14.2 Å². The molecule has 0 aromatic carbocycles. The van der Waals surface area contributed by atoms with Crippen molar-refractivity contribution in [2.24, 2.45) is 0 Å². The monoisotopic (exact) mass is 766 g/mol. The largest absolute Gasteiger partial charge is 0.544 e. The van der Waals surface area contributed by atoms with Gasteiger partial charge in [-0.05, 0) is 77.0 Å². The number of allylic oxidation sites excluding steroid dienone is 16. The van der Waals surface area contributed by atoms with Crippen molar-refractivity contribution in [1.82, 2.24) is 0 Å². The summed E-state index contributed by atoms with van der Waals surface area (Å²) in [5.41, 5.74) is 0. The molecule has 0 N–H and O–H groups in total. The van der Waals surface area contributed by atoms with Gasteiger partial charge < -0.3 is 28.6 Å². The fourth-order valence-corrected chi connectivity index (χ4v) is 5.31. The van der Waals surface area contributed by atoms with Crippen LogP contribution in [0, 0.1) is 0 Å². The van der Waals surface area contributed by atoms with Crippen molar-refractivity contribution in [2.45, 2.75) is 142 Å². The third-order valence-corrected chi connectivity index (χ3v) is 8.48. The summed E-state index contributed by atoms with van der Waals surface area (Å²) < 4.78 is 17.0. The molecule has 0 fully saturated rings. The average molecular weight is 766 g/mol. The quantitative estimate of drug-likeness (QED) is 0.0274. The fraction of sp³-hybridized carbons (Fsp3) is 0.596. The number of hydrogen-bond donors (Lipinski definition) is 0. The lowest BCUT2D eigenvalue weighted by Gasteiger charge is -2.34. The highest BCUT2D eigenvalue weighted by Crippen LogP contribution is 2.11. The number of hydrogen-bond acceptors (Lipinski definition) is 7. The summed E-state index contributed by atoms with van der Waals surface area (Å²) in [7, 11) is 5.36. The Kier molecular flexibility index (Phi) is 34.7. The first-order valence-electron chi connectivity index (χ1n) is 20.8. The predicted molar refractivity (Wildman–Crippen MR) is 226 cm³/mol. The van der Waals surface area contributed by atoms with Crippen LogP contribution < -0.4 is 5.11 Å². The van der Waals surface area contributed by atoms with Gasteiger partial charge >= 0.3 is 11.9 Å². The number of carbonyl (C=O) groups excluding carboxylic acids is 3. The Morgan fingerprint density at radius 1 is 0.545 bits per heavy atom. The molecule has 0 aliphatic carbocycles. The number of carboxylic acids is 1. The van der Waals surface area contributed by atoms with Crippen LogP contribution in [0.15, 0.2) is 97.2 Å². The molecule has 0 aromatic rings. The van der Waals surface area contributed by atoms with E-state index in [1.165, 1.54) is 0 Å². The first-order chi connectivity index (χ1) is 26.6. The van der Waals surface area contributed by atoms with Crippen molar-refractivity contribution < 1.29 is 38.2 Å². The van der Waals surface area contributed by atoms with Crippen molar-refractivity contribution >= 4 is 17.9 Å². The Balaban J connectivity index is 4.52. The van der Waals surface area contributed by atoms with Crippen LogP contribution >= 0.6 is 0 Å². The molecule has 0 rings (SSSR count). The number of rotatable bonds is 35. The van der Waals surface area contributed by atoms with Gasteiger partial charge in [0.15, 0.2) is 6.10 Å². The lowest BCUT2D eigenvalue weighted by atomic mass is 10.1. The van der Waals surface area contributed by atoms with E-state index >= 15 is 0 Å². The predicted octanol–water partition coefficient (Wildman–Crippen LogP) is 9.79. The number of ether oxygens (including phenoxy) is 3. The van der Waals surface area contributed by atoms with Gasteiger partial charge in [-0.1, -0.05) is 130 Å². The zero-order valence-electron chi connectivity index (χ0n) is 35.0. The zero-order valence-corrected chi connectivity index (χ0v) is 35.0. The maximum Gasteiger partial charge on any atom is 0.306 e. The minimum Gasteiger partial charge on any atom is -0.544 e. The van der Waals surface area contributed by atoms with E-state index in [-0.39, 0.29) is 55.5 Å². The number of quaternary nitrogens is 1. The number of aliphatic carboxylic acids is 1. The standard InChI is InChI=1S/C47H75NO7/c1-6-8-10-12-14-16-18-20-21-22-23-24-25-26-28-29-31-33-35-37-45(49)54-42-43(41-53-40-39-44(47(51)52)48(3,4)5)55-46(50)38-36-34-32-30-27-19-17-15-13-11-9-7-2/h8-11,14-17,20-21,23-24,26,28,31,33,43-44H,6-7,12-13,18-19,22,25,27,29-30,32,34-42H2,1-5H3/b10-8+,11-9+,16-14+,17-15+,21-20+,24-23+,28-26+,33-31+. The number of carbonyl (C=O) groups is 3. The summed E-state index contributed by atoms with van der Waals surface area (Å²) in [6.45, 7) is 4.31. The van der Waals surface area contributed by atoms with Gasteiger partial charge in [-0.3, -0.25) is 9.59 Å². The smallest absolute Gasteiger partial charge is 0.306 e. The number of nitrogens with zero attached hydrogens (tertiary/aromatic N) is 1. The second kappa shape index (κ2) is 37.2. The van der Waals surface area contributed by atoms with E-state index in [9.17, 15) is 19.5 Å². The summed E-state index contributed by atoms with van der Waals surface area (Å²) in [5, 5.41) is 11.6. The average Bonchev–Trinajstić information content (AvgIpc) is 3.14. The molecular formula is C47H75NO7. The summed E-state index contributed by atoms with van der Waals surface area (Å²) in [5.74, 6) is -1.88. The molecule has 0 saturated carbocycles. The first-order valence-corrected chi connectivity index (χ1v) is 20.8. The van der Waals surface area contributed by atoms with Gasteiger partial charge in [0, 0.05) is 19.3 Å². The topological polar surface area (TPSA) is 102 Å². The van der Waals surface area contributed by atoms with Crippen molar-refractivity contribution in [3.63, 3.8) is 0 Å². The van der Waals surface area contributed by atoms with E-state index in [1.54, 1.807) is 21.1 Å². The Morgan fingerprint density at radius 3 is 1.49 bits per heavy atom. The van der Waals surface area contributed by atoms with Crippen LogP contribution in [-0.2, 0) is 28.6 Å². The number of esters is 2. The summed E-state index contributed by atoms with van der Waals surface area (Å²) in [6.07, 6.45) is 48.8. The maximum atomic E-state index is 12.7. The molecule has 0 saturated heterocycles. The van der Waals surface area contributed by atoms with Gasteiger partial charge in [0.1, 0.15) is 12.6 Å². The van der Waals surface area contributed by atoms with Gasteiger partial charge in [0.05, 0.1) is 40.3 Å². The van der Waals surface area contributed by atoms with Crippen LogP contribution in [0.5, 0.6) is 0 Å². The zero-order chi connectivity index (χ0) is 40.7. The molecule has 310 valence electrons. The first kappa shape index (κ1) is 51.2. The van der Waals surface area contributed by atoms with Gasteiger partial charge in [0.2, 0.25) is 0 Å². The summed E-state index contributed by atoms with van der Waals surface area (Å²) >= 11 is 0. The molecule has 0 radical (unpaired) electrons. The normalized spacial score (nSPS) is 14.0. The van der Waals surface area contributed by atoms with Crippen LogP contribution in [0.2, 0.25) is 0 Å². The Bertz CT molecular complexity index is 1220. The van der Waals surface area contributed by atoms with Crippen LogP contribution in [0.3, 0.4) is 0 Å². The number of carboxylic acid groups (broad SMARTS) is 1. The van der Waals surface area contributed by atoms with Crippen LogP contribution in [0.4, 0.5) is 0 Å². The molecule has 8 nitrogen and oxygen atoms in total. The minimum absolute atomic E-state index is 0.00480. The molecule has 2 unspecified atom stereocenters. The minimum atomic E-state index is -1.14. The Hall–Kier alpha value is -3.75. The lowest BCUT2D eigenvalue weighted by molar-refractivity contribution is -0.889. The Morgan fingerprint density at radius 2 is 1.00 bits per heavy atom. The van der Waals surface area contributed by atoms with Crippen molar-refractivity contribution in [3.05, 3.63) is 97.2 Å². The third-order valence-electron chi connectivity index (χ3n) is 8.48. The number of likely N-dealkylation sites (N-methyl/N-ethyl adjacent to an activating group) is 1. The van der Waals surface area contributed by atoms with Gasteiger partial charge in [-0.2, -0.15) is 0 Å². The van der Waals surface area contributed by atoms with Crippen LogP contribution in [0.1, 0.15) is 129 Å². The van der Waals surface area contributed by atoms with Crippen LogP contribution in [-0.4, -0.2) is 75.5 Å². The van der Waals surface area contributed by atoms with E-state index < -0.39 is 18.1 Å². The molecule has 0 amide bonds. The highest BCUT2D eigenvalue weighted by atomic mass is 16.6. The van der Waals surface area contributed by atoms with Gasteiger partial charge in [-0.25, -0.2) is 0 Å². The molecule has 55 heavy (non-hydrogen) atoms. The molecule has 0 aliphatic rings. The lowest BCUT2D eigenvalue weighted by Crippen LogP contribution is -2.55.